The van der Waals surface area contributed by atoms with E-state index in [1.54, 1.807) is 18.2 Å². The summed E-state index contributed by atoms with van der Waals surface area (Å²) in [6.07, 6.45) is 0. The quantitative estimate of drug-likeness (QED) is 0.838. The number of carbonyl (C=O) groups is 2. The van der Waals surface area contributed by atoms with Crippen LogP contribution < -0.4 is 10.6 Å². The van der Waals surface area contributed by atoms with Crippen molar-refractivity contribution < 1.29 is 9.59 Å². The molecule has 0 aliphatic carbocycles. The lowest BCUT2D eigenvalue weighted by molar-refractivity contribution is -0.117. The summed E-state index contributed by atoms with van der Waals surface area (Å²) in [4.78, 5) is 22.9. The fraction of sp³-hybridized carbons (Fsp3) is 0.167. The Morgan fingerprint density at radius 2 is 1.72 bits per heavy atom. The lowest BCUT2D eigenvalue weighted by Crippen LogP contribution is -2.21. The summed E-state index contributed by atoms with van der Waals surface area (Å²) in [5.74, 6) is -1.24. The Labute approximate surface area is 115 Å². The van der Waals surface area contributed by atoms with Crippen molar-refractivity contribution in [3.63, 3.8) is 0 Å². The number of carbonyl (C=O) groups excluding carboxylic acids is 2. The van der Waals surface area contributed by atoms with Crippen molar-refractivity contribution in [1.82, 2.24) is 5.32 Å². The molecule has 0 radical (unpaired) electrons. The number of amides is 2. The highest BCUT2D eigenvalue weighted by Crippen LogP contribution is 2.17. The summed E-state index contributed by atoms with van der Waals surface area (Å²) < 4.78 is 0. The Morgan fingerprint density at radius 1 is 1.11 bits per heavy atom. The topological polar surface area (TPSA) is 58.2 Å². The zero-order valence-electron chi connectivity index (χ0n) is 9.88. The van der Waals surface area contributed by atoms with Gasteiger partial charge in [0.05, 0.1) is 0 Å². The van der Waals surface area contributed by atoms with E-state index in [2.05, 4.69) is 10.6 Å². The van der Waals surface area contributed by atoms with E-state index in [1.165, 1.54) is 7.05 Å². The lowest BCUT2D eigenvalue weighted by Gasteiger charge is -2.06. The van der Waals surface area contributed by atoms with Crippen molar-refractivity contribution in [1.29, 1.82) is 0 Å². The number of hydrogen-bond acceptors (Lipinski definition) is 2. The molecule has 4 nitrogen and oxygen atoms in total. The van der Waals surface area contributed by atoms with Gasteiger partial charge in [0.1, 0.15) is 10.1 Å². The Hall–Kier alpha value is -1.52. The summed E-state index contributed by atoms with van der Waals surface area (Å²) in [6, 6.07) is 7.17. The molecule has 0 atom stereocenters. The Kier molecular flexibility index (Phi) is 5.19. The molecule has 1 aromatic carbocycles. The maximum absolute atomic E-state index is 11.7. The van der Waals surface area contributed by atoms with Gasteiger partial charge in [-0.3, -0.25) is 9.59 Å². The van der Waals surface area contributed by atoms with E-state index in [9.17, 15) is 9.59 Å². The maximum atomic E-state index is 11.7. The van der Waals surface area contributed by atoms with Crippen molar-refractivity contribution in [2.45, 2.75) is 6.92 Å². The standard InChI is InChI=1S/C12H12Cl2N2O2/c1-7-4-3-5-8(6-7)16-12(18)10(14)9(13)11(17)15-2/h3-6H,1-2H3,(H,15,17)(H,16,18)/b10-9-. The van der Waals surface area contributed by atoms with Gasteiger partial charge in [0, 0.05) is 12.7 Å². The second kappa shape index (κ2) is 6.42. The van der Waals surface area contributed by atoms with E-state index < -0.39 is 11.8 Å². The molecule has 0 aromatic heterocycles. The smallest absolute Gasteiger partial charge is 0.268 e. The van der Waals surface area contributed by atoms with Gasteiger partial charge in [-0.25, -0.2) is 0 Å². The summed E-state index contributed by atoms with van der Waals surface area (Å²) >= 11 is 11.4. The third-order valence-electron chi connectivity index (χ3n) is 2.09. The summed E-state index contributed by atoms with van der Waals surface area (Å²) in [6.45, 7) is 1.89. The van der Waals surface area contributed by atoms with E-state index in [1.807, 2.05) is 13.0 Å². The highest BCUT2D eigenvalue weighted by atomic mass is 35.5. The number of likely N-dealkylation sites (N-methyl/N-ethyl adjacent to an activating group) is 1. The Morgan fingerprint density at radius 3 is 2.28 bits per heavy atom. The maximum Gasteiger partial charge on any atom is 0.268 e. The minimum atomic E-state index is -0.629. The first-order chi connectivity index (χ1) is 8.45. The first kappa shape index (κ1) is 14.5. The number of anilines is 1. The summed E-state index contributed by atoms with van der Waals surface area (Å²) in [5, 5.41) is 4.14. The summed E-state index contributed by atoms with van der Waals surface area (Å²) in [5.41, 5.74) is 1.57. The molecule has 0 fully saturated rings. The molecule has 0 aliphatic rings. The molecule has 0 heterocycles. The van der Waals surface area contributed by atoms with Crippen molar-refractivity contribution in [2.75, 3.05) is 12.4 Å². The van der Waals surface area contributed by atoms with Crippen LogP contribution in [-0.4, -0.2) is 18.9 Å². The first-order valence-corrected chi connectivity index (χ1v) is 5.86. The SMILES string of the molecule is CNC(=O)/C(Cl)=C(/Cl)C(=O)Nc1cccc(C)c1. The molecule has 18 heavy (non-hydrogen) atoms. The van der Waals surface area contributed by atoms with Crippen molar-refractivity contribution in [3.8, 4) is 0 Å². The predicted molar refractivity (Wildman–Crippen MR) is 72.6 cm³/mol. The van der Waals surface area contributed by atoms with Crippen molar-refractivity contribution in [2.24, 2.45) is 0 Å². The number of nitrogens with one attached hydrogen (secondary N) is 2. The monoisotopic (exact) mass is 286 g/mol. The Bertz CT molecular complexity index is 513. The lowest BCUT2D eigenvalue weighted by atomic mass is 10.2. The number of aryl methyl sites for hydroxylation is 1. The first-order valence-electron chi connectivity index (χ1n) is 5.11. The van der Waals surface area contributed by atoms with Crippen LogP contribution in [0.15, 0.2) is 34.3 Å². The zero-order chi connectivity index (χ0) is 13.7. The van der Waals surface area contributed by atoms with Crippen LogP contribution in [0.2, 0.25) is 0 Å². The molecule has 0 spiro atoms. The van der Waals surface area contributed by atoms with Gasteiger partial charge in [-0.1, -0.05) is 35.3 Å². The second-order valence-electron chi connectivity index (χ2n) is 3.53. The largest absolute Gasteiger partial charge is 0.354 e. The highest BCUT2D eigenvalue weighted by Gasteiger charge is 2.16. The fourth-order valence-corrected chi connectivity index (χ4v) is 1.53. The molecule has 6 heteroatoms. The molecule has 0 saturated heterocycles. The predicted octanol–water partition coefficient (Wildman–Crippen LogP) is 2.37. The van der Waals surface area contributed by atoms with Crippen LogP contribution in [0.25, 0.3) is 0 Å². The third kappa shape index (κ3) is 3.75. The van der Waals surface area contributed by atoms with Gasteiger partial charge < -0.3 is 10.6 Å². The molecular formula is C12H12Cl2N2O2. The van der Waals surface area contributed by atoms with E-state index in [0.29, 0.717) is 5.69 Å². The van der Waals surface area contributed by atoms with Crippen LogP contribution in [0.3, 0.4) is 0 Å². The van der Waals surface area contributed by atoms with Crippen LogP contribution in [-0.2, 0) is 9.59 Å². The second-order valence-corrected chi connectivity index (χ2v) is 4.29. The van der Waals surface area contributed by atoms with Gasteiger partial charge in [0.15, 0.2) is 0 Å². The molecule has 96 valence electrons. The average molecular weight is 287 g/mol. The van der Waals surface area contributed by atoms with Crippen LogP contribution in [0.4, 0.5) is 5.69 Å². The van der Waals surface area contributed by atoms with E-state index in [0.717, 1.165) is 5.56 Å². The van der Waals surface area contributed by atoms with Gasteiger partial charge in [-0.2, -0.15) is 0 Å². The van der Waals surface area contributed by atoms with Gasteiger partial charge in [-0.05, 0) is 24.6 Å². The molecular weight excluding hydrogens is 275 g/mol. The van der Waals surface area contributed by atoms with E-state index >= 15 is 0 Å². The van der Waals surface area contributed by atoms with Crippen LogP contribution in [0.1, 0.15) is 5.56 Å². The normalized spacial score (nSPS) is 11.6. The van der Waals surface area contributed by atoms with Gasteiger partial charge >= 0.3 is 0 Å². The van der Waals surface area contributed by atoms with Crippen LogP contribution in [0.5, 0.6) is 0 Å². The molecule has 0 bridgehead atoms. The van der Waals surface area contributed by atoms with Crippen molar-refractivity contribution >= 4 is 40.7 Å². The van der Waals surface area contributed by atoms with E-state index in [-0.39, 0.29) is 10.1 Å². The fourth-order valence-electron chi connectivity index (χ4n) is 1.22. The number of benzene rings is 1. The van der Waals surface area contributed by atoms with Gasteiger partial charge in [0.25, 0.3) is 11.8 Å². The number of halogens is 2. The number of rotatable bonds is 3. The third-order valence-corrected chi connectivity index (χ3v) is 2.91. The molecule has 2 amide bonds. The molecule has 1 aromatic rings. The van der Waals surface area contributed by atoms with Crippen LogP contribution >= 0.6 is 23.2 Å². The van der Waals surface area contributed by atoms with Gasteiger partial charge in [0.2, 0.25) is 0 Å². The minimum Gasteiger partial charge on any atom is -0.354 e. The molecule has 2 N–H and O–H groups in total. The summed E-state index contributed by atoms with van der Waals surface area (Å²) in [7, 11) is 1.40. The minimum absolute atomic E-state index is 0.343. The average Bonchev–Trinajstić information content (AvgIpc) is 2.36. The number of hydrogen-bond donors (Lipinski definition) is 2. The molecule has 1 rings (SSSR count). The van der Waals surface area contributed by atoms with Gasteiger partial charge in [-0.15, -0.1) is 0 Å². The highest BCUT2D eigenvalue weighted by molar-refractivity contribution is 6.54. The molecule has 0 aliphatic heterocycles. The Balaban J connectivity index is 2.86. The molecule has 0 unspecified atom stereocenters. The zero-order valence-corrected chi connectivity index (χ0v) is 11.4. The van der Waals surface area contributed by atoms with Crippen molar-refractivity contribution in [3.05, 3.63) is 39.9 Å². The van der Waals surface area contributed by atoms with E-state index in [4.69, 9.17) is 23.2 Å². The van der Waals surface area contributed by atoms with Crippen LogP contribution in [0, 0.1) is 6.92 Å². The molecule has 0 saturated carbocycles.